The van der Waals surface area contributed by atoms with Gasteiger partial charge < -0.3 is 25.5 Å². The molecular weight excluding hydrogens is 292 g/mol. The standard InChI is InChI=1S/C13H18N4O3S/c1-2-21-4-7-11(18)12(19)9(17-7)6-3-14-10-8(6)15-5-16-13(10)20/h3,5,7,9,11-12,14,17-19H,2,4H2,1H3,(H,15,16,20)/t7-,9+,11-,12+/m1/s1. The molecule has 0 aliphatic carbocycles. The molecule has 2 aromatic rings. The van der Waals surface area contributed by atoms with Crippen LogP contribution < -0.4 is 10.9 Å². The van der Waals surface area contributed by atoms with Crippen molar-refractivity contribution >= 4 is 22.8 Å². The molecule has 0 spiro atoms. The van der Waals surface area contributed by atoms with Crippen LogP contribution >= 0.6 is 11.8 Å². The first kappa shape index (κ1) is 14.6. The Hall–Kier alpha value is -1.35. The van der Waals surface area contributed by atoms with E-state index in [9.17, 15) is 15.0 Å². The van der Waals surface area contributed by atoms with Crippen molar-refractivity contribution in [3.8, 4) is 0 Å². The molecule has 0 saturated carbocycles. The quantitative estimate of drug-likeness (QED) is 0.531. The average molecular weight is 310 g/mol. The van der Waals surface area contributed by atoms with Gasteiger partial charge in [0.15, 0.2) is 0 Å². The van der Waals surface area contributed by atoms with Crippen molar-refractivity contribution in [2.45, 2.75) is 31.2 Å². The van der Waals surface area contributed by atoms with Crippen LogP contribution in [0.5, 0.6) is 0 Å². The summed E-state index contributed by atoms with van der Waals surface area (Å²) in [6.07, 6.45) is 1.24. The number of aromatic amines is 2. The minimum atomic E-state index is -0.924. The molecule has 2 aromatic heterocycles. The monoisotopic (exact) mass is 310 g/mol. The Kier molecular flexibility index (Phi) is 4.03. The van der Waals surface area contributed by atoms with Gasteiger partial charge in [0.25, 0.3) is 5.56 Å². The third-order valence-corrected chi connectivity index (χ3v) is 4.84. The lowest BCUT2D eigenvalue weighted by Crippen LogP contribution is -2.35. The van der Waals surface area contributed by atoms with Crippen molar-refractivity contribution in [2.24, 2.45) is 0 Å². The van der Waals surface area contributed by atoms with Gasteiger partial charge in [0, 0.05) is 23.6 Å². The number of aliphatic hydroxyl groups is 2. The third kappa shape index (κ3) is 2.48. The molecule has 1 saturated heterocycles. The second-order valence-electron chi connectivity index (χ2n) is 5.09. The molecule has 3 rings (SSSR count). The Morgan fingerprint density at radius 2 is 2.14 bits per heavy atom. The summed E-state index contributed by atoms with van der Waals surface area (Å²) in [5, 5.41) is 23.7. The minimum Gasteiger partial charge on any atom is -0.389 e. The highest BCUT2D eigenvalue weighted by Gasteiger charge is 2.42. The molecule has 1 fully saturated rings. The molecule has 7 nitrogen and oxygen atoms in total. The first-order valence-electron chi connectivity index (χ1n) is 6.88. The van der Waals surface area contributed by atoms with Crippen LogP contribution in [0.2, 0.25) is 0 Å². The lowest BCUT2D eigenvalue weighted by molar-refractivity contribution is 0.0308. The van der Waals surface area contributed by atoms with Gasteiger partial charge in [0.2, 0.25) is 0 Å². The van der Waals surface area contributed by atoms with Crippen molar-refractivity contribution in [3.05, 3.63) is 28.4 Å². The summed E-state index contributed by atoms with van der Waals surface area (Å²) >= 11 is 1.70. The normalized spacial score (nSPS) is 29.3. The van der Waals surface area contributed by atoms with Crippen LogP contribution in [0, 0.1) is 0 Å². The zero-order valence-electron chi connectivity index (χ0n) is 11.5. The maximum Gasteiger partial charge on any atom is 0.275 e. The van der Waals surface area contributed by atoms with Gasteiger partial charge in [-0.1, -0.05) is 6.92 Å². The van der Waals surface area contributed by atoms with E-state index in [1.54, 1.807) is 18.0 Å². The minimum absolute atomic E-state index is 0.179. The van der Waals surface area contributed by atoms with E-state index in [0.717, 1.165) is 11.5 Å². The summed E-state index contributed by atoms with van der Waals surface area (Å²) in [5.41, 5.74) is 1.35. The summed E-state index contributed by atoms with van der Waals surface area (Å²) < 4.78 is 0. The molecule has 0 unspecified atom stereocenters. The number of thioether (sulfide) groups is 1. The molecule has 0 amide bonds. The lowest BCUT2D eigenvalue weighted by Gasteiger charge is -2.14. The lowest BCUT2D eigenvalue weighted by atomic mass is 10.0. The average Bonchev–Trinajstić information content (AvgIpc) is 3.02. The molecule has 0 bridgehead atoms. The molecule has 0 radical (unpaired) electrons. The van der Waals surface area contributed by atoms with E-state index in [-0.39, 0.29) is 11.6 Å². The SMILES string of the molecule is CCSC[C@H]1N[C@@H](c2c[nH]c3c(=O)[nH]cnc23)[C@H](O)[C@@H]1O. The van der Waals surface area contributed by atoms with Crippen molar-refractivity contribution in [1.82, 2.24) is 20.3 Å². The maximum atomic E-state index is 11.7. The van der Waals surface area contributed by atoms with Crippen molar-refractivity contribution < 1.29 is 10.2 Å². The maximum absolute atomic E-state index is 11.7. The van der Waals surface area contributed by atoms with Crippen molar-refractivity contribution in [2.75, 3.05) is 11.5 Å². The van der Waals surface area contributed by atoms with Gasteiger partial charge in [0.05, 0.1) is 18.5 Å². The number of rotatable bonds is 4. The summed E-state index contributed by atoms with van der Waals surface area (Å²) in [6.45, 7) is 2.05. The van der Waals surface area contributed by atoms with Crippen LogP contribution in [0.1, 0.15) is 18.5 Å². The Balaban J connectivity index is 1.92. The first-order chi connectivity index (χ1) is 10.1. The van der Waals surface area contributed by atoms with Crippen LogP contribution in [0.15, 0.2) is 17.3 Å². The van der Waals surface area contributed by atoms with E-state index in [1.165, 1.54) is 6.33 Å². The van der Waals surface area contributed by atoms with Crippen molar-refractivity contribution in [3.63, 3.8) is 0 Å². The molecular formula is C13H18N4O3S. The van der Waals surface area contributed by atoms with Gasteiger partial charge >= 0.3 is 0 Å². The summed E-state index contributed by atoms with van der Waals surface area (Å²) in [5.74, 6) is 1.68. The number of hydrogen-bond acceptors (Lipinski definition) is 6. The Labute approximate surface area is 125 Å². The molecule has 4 atom stereocenters. The number of aromatic nitrogens is 3. The highest BCUT2D eigenvalue weighted by molar-refractivity contribution is 7.99. The van der Waals surface area contributed by atoms with Gasteiger partial charge in [-0.25, -0.2) is 4.98 Å². The predicted molar refractivity (Wildman–Crippen MR) is 81.4 cm³/mol. The molecule has 3 heterocycles. The fourth-order valence-corrected chi connectivity index (χ4v) is 3.52. The molecule has 1 aliphatic heterocycles. The highest BCUT2D eigenvalue weighted by atomic mass is 32.2. The second kappa shape index (κ2) is 5.80. The van der Waals surface area contributed by atoms with E-state index in [1.807, 2.05) is 0 Å². The summed E-state index contributed by atoms with van der Waals surface area (Å²) in [6, 6.07) is -0.618. The molecule has 21 heavy (non-hydrogen) atoms. The van der Waals surface area contributed by atoms with Crippen LogP contribution in [-0.2, 0) is 0 Å². The summed E-state index contributed by atoms with van der Waals surface area (Å²) in [4.78, 5) is 21.2. The number of nitrogens with zero attached hydrogens (tertiary/aromatic N) is 1. The van der Waals surface area contributed by atoms with Crippen molar-refractivity contribution in [1.29, 1.82) is 0 Å². The zero-order chi connectivity index (χ0) is 15.0. The number of nitrogens with one attached hydrogen (secondary N) is 3. The number of aliphatic hydroxyl groups excluding tert-OH is 2. The Morgan fingerprint density at radius 3 is 2.90 bits per heavy atom. The van der Waals surface area contributed by atoms with E-state index < -0.39 is 18.2 Å². The van der Waals surface area contributed by atoms with Crippen LogP contribution in [0.25, 0.3) is 11.0 Å². The number of hydrogen-bond donors (Lipinski definition) is 5. The zero-order valence-corrected chi connectivity index (χ0v) is 12.4. The highest BCUT2D eigenvalue weighted by Crippen LogP contribution is 2.31. The van der Waals surface area contributed by atoms with E-state index >= 15 is 0 Å². The first-order valence-corrected chi connectivity index (χ1v) is 8.03. The van der Waals surface area contributed by atoms with Crippen LogP contribution in [0.4, 0.5) is 0 Å². The largest absolute Gasteiger partial charge is 0.389 e. The number of H-pyrrole nitrogens is 2. The molecule has 114 valence electrons. The summed E-state index contributed by atoms with van der Waals surface area (Å²) in [7, 11) is 0. The fourth-order valence-electron chi connectivity index (χ4n) is 2.74. The number of fused-ring (bicyclic) bond motifs is 1. The van der Waals surface area contributed by atoms with E-state index in [2.05, 4.69) is 27.2 Å². The van der Waals surface area contributed by atoms with E-state index in [4.69, 9.17) is 0 Å². The molecule has 1 aliphatic rings. The molecule has 5 N–H and O–H groups in total. The second-order valence-corrected chi connectivity index (χ2v) is 6.41. The smallest absolute Gasteiger partial charge is 0.275 e. The molecule has 8 heteroatoms. The Bertz CT molecular complexity index is 685. The van der Waals surface area contributed by atoms with E-state index in [0.29, 0.717) is 16.6 Å². The molecule has 0 aromatic carbocycles. The topological polar surface area (TPSA) is 114 Å². The van der Waals surface area contributed by atoms with Gasteiger partial charge in [0.1, 0.15) is 17.1 Å². The predicted octanol–water partition coefficient (Wildman–Crippen LogP) is -0.261. The Morgan fingerprint density at radius 1 is 1.33 bits per heavy atom. The van der Waals surface area contributed by atoms with Gasteiger partial charge in [-0.05, 0) is 5.75 Å². The van der Waals surface area contributed by atoms with Crippen LogP contribution in [0.3, 0.4) is 0 Å². The van der Waals surface area contributed by atoms with Crippen LogP contribution in [-0.4, -0.2) is 54.9 Å². The van der Waals surface area contributed by atoms with Gasteiger partial charge in [-0.15, -0.1) is 0 Å². The fraction of sp³-hybridized carbons (Fsp3) is 0.538. The van der Waals surface area contributed by atoms with Gasteiger partial charge in [-0.2, -0.15) is 11.8 Å². The third-order valence-electron chi connectivity index (χ3n) is 3.83. The van der Waals surface area contributed by atoms with Gasteiger partial charge in [-0.3, -0.25) is 4.79 Å².